The molecule has 0 atom stereocenters. The molecule has 1 heterocycles. The second-order valence-corrected chi connectivity index (χ2v) is 3.75. The van der Waals surface area contributed by atoms with Crippen LogP contribution in [-0.2, 0) is 6.61 Å². The molecule has 0 radical (unpaired) electrons. The molecule has 0 unspecified atom stereocenters. The molecule has 15 heavy (non-hydrogen) atoms. The second-order valence-electron chi connectivity index (χ2n) is 2.91. The lowest BCUT2D eigenvalue weighted by Crippen LogP contribution is -1.87. The molecule has 2 rings (SSSR count). The van der Waals surface area contributed by atoms with Gasteiger partial charge in [0.1, 0.15) is 5.69 Å². The normalized spacial score (nSPS) is 10.6. The Morgan fingerprint density at radius 3 is 2.87 bits per heavy atom. The van der Waals surface area contributed by atoms with Crippen molar-refractivity contribution >= 4 is 23.2 Å². The van der Waals surface area contributed by atoms with E-state index in [0.29, 0.717) is 27.1 Å². The molecule has 0 saturated heterocycles. The highest BCUT2D eigenvalue weighted by Crippen LogP contribution is 2.32. The summed E-state index contributed by atoms with van der Waals surface area (Å²) >= 11 is 11.8. The fourth-order valence-electron chi connectivity index (χ4n) is 1.27. The molecule has 0 saturated carbocycles. The predicted molar refractivity (Wildman–Crippen MR) is 57.9 cm³/mol. The van der Waals surface area contributed by atoms with Gasteiger partial charge >= 0.3 is 0 Å². The molecule has 0 aliphatic heterocycles. The molecule has 1 N–H and O–H groups in total. The van der Waals surface area contributed by atoms with Crippen molar-refractivity contribution < 1.29 is 9.52 Å². The Labute approximate surface area is 96.3 Å². The van der Waals surface area contributed by atoms with E-state index in [4.69, 9.17) is 32.7 Å². The maximum Gasteiger partial charge on any atom is 0.181 e. The average molecular weight is 244 g/mol. The summed E-state index contributed by atoms with van der Waals surface area (Å²) in [4.78, 5) is 3.86. The molecule has 0 aliphatic carbocycles. The van der Waals surface area contributed by atoms with Crippen LogP contribution in [0.15, 0.2) is 29.0 Å². The van der Waals surface area contributed by atoms with E-state index >= 15 is 0 Å². The van der Waals surface area contributed by atoms with Crippen LogP contribution in [0.4, 0.5) is 0 Å². The molecule has 0 aliphatic rings. The van der Waals surface area contributed by atoms with Crippen molar-refractivity contribution in [2.24, 2.45) is 0 Å². The van der Waals surface area contributed by atoms with Gasteiger partial charge in [0.2, 0.25) is 0 Å². The molecule has 1 aromatic carbocycles. The molecule has 78 valence electrons. The largest absolute Gasteiger partial charge is 0.443 e. The summed E-state index contributed by atoms with van der Waals surface area (Å²) in [6, 6.07) is 5.02. The summed E-state index contributed by atoms with van der Waals surface area (Å²) in [5.41, 5.74) is 1.07. The predicted octanol–water partition coefficient (Wildman–Crippen LogP) is 3.14. The zero-order valence-corrected chi connectivity index (χ0v) is 9.09. The molecule has 0 bridgehead atoms. The number of benzene rings is 1. The molecular formula is C10H7Cl2NO2. The van der Waals surface area contributed by atoms with Crippen molar-refractivity contribution in [1.29, 1.82) is 0 Å². The molecule has 0 amide bonds. The molecule has 0 fully saturated rings. The van der Waals surface area contributed by atoms with E-state index in [0.717, 1.165) is 0 Å². The number of nitrogens with zero attached hydrogens (tertiary/aromatic N) is 1. The smallest absolute Gasteiger partial charge is 0.181 e. The first-order chi connectivity index (χ1) is 7.22. The fraction of sp³-hybridized carbons (Fsp3) is 0.100. The highest BCUT2D eigenvalue weighted by molar-refractivity contribution is 6.35. The van der Waals surface area contributed by atoms with Gasteiger partial charge in [-0.15, -0.1) is 0 Å². The number of aliphatic hydroxyl groups is 1. The van der Waals surface area contributed by atoms with Gasteiger partial charge < -0.3 is 9.52 Å². The molecule has 2 aromatic rings. The van der Waals surface area contributed by atoms with Crippen LogP contribution in [0.1, 0.15) is 5.69 Å². The van der Waals surface area contributed by atoms with E-state index < -0.39 is 0 Å². The van der Waals surface area contributed by atoms with Gasteiger partial charge in [0.25, 0.3) is 0 Å². The van der Waals surface area contributed by atoms with Gasteiger partial charge in [-0.2, -0.15) is 0 Å². The fourth-order valence-corrected chi connectivity index (χ4v) is 1.65. The number of hydrogen-bond donors (Lipinski definition) is 1. The lowest BCUT2D eigenvalue weighted by Gasteiger charge is -2.02. The summed E-state index contributed by atoms with van der Waals surface area (Å²) in [6.07, 6.45) is 1.26. The number of hydrogen-bond acceptors (Lipinski definition) is 3. The topological polar surface area (TPSA) is 46.3 Å². The lowest BCUT2D eigenvalue weighted by molar-refractivity contribution is 0.277. The Morgan fingerprint density at radius 2 is 2.13 bits per heavy atom. The van der Waals surface area contributed by atoms with Gasteiger partial charge in [0, 0.05) is 10.6 Å². The third kappa shape index (κ3) is 2.00. The van der Waals surface area contributed by atoms with Crippen LogP contribution in [0.25, 0.3) is 11.3 Å². The summed E-state index contributed by atoms with van der Waals surface area (Å²) in [5, 5.41) is 10.1. The second kappa shape index (κ2) is 4.23. The third-order valence-corrected chi connectivity index (χ3v) is 2.53. The van der Waals surface area contributed by atoms with Gasteiger partial charge in [-0.25, -0.2) is 4.98 Å². The van der Waals surface area contributed by atoms with Gasteiger partial charge in [-0.05, 0) is 18.2 Å². The first-order valence-electron chi connectivity index (χ1n) is 4.21. The van der Waals surface area contributed by atoms with Gasteiger partial charge in [-0.1, -0.05) is 23.2 Å². The van der Waals surface area contributed by atoms with Crippen LogP contribution in [0.3, 0.4) is 0 Å². The van der Waals surface area contributed by atoms with Gasteiger partial charge in [0.15, 0.2) is 12.2 Å². The maximum atomic E-state index is 9.03. The Hall–Kier alpha value is -1.03. The lowest BCUT2D eigenvalue weighted by atomic mass is 10.1. The number of aliphatic hydroxyl groups excluding tert-OH is 1. The van der Waals surface area contributed by atoms with Crippen molar-refractivity contribution in [3.8, 4) is 11.3 Å². The van der Waals surface area contributed by atoms with Crippen LogP contribution in [-0.4, -0.2) is 10.1 Å². The van der Waals surface area contributed by atoms with Crippen LogP contribution in [0.5, 0.6) is 0 Å². The summed E-state index contributed by atoms with van der Waals surface area (Å²) < 4.78 is 5.16. The first kappa shape index (κ1) is 10.5. The van der Waals surface area contributed by atoms with Crippen molar-refractivity contribution in [3.63, 3.8) is 0 Å². The van der Waals surface area contributed by atoms with E-state index in [1.165, 1.54) is 6.39 Å². The van der Waals surface area contributed by atoms with Crippen LogP contribution in [0.2, 0.25) is 10.0 Å². The molecule has 0 spiro atoms. The average Bonchev–Trinajstić information content (AvgIpc) is 2.69. The van der Waals surface area contributed by atoms with E-state index in [-0.39, 0.29) is 6.61 Å². The number of aromatic nitrogens is 1. The van der Waals surface area contributed by atoms with Gasteiger partial charge in [0.05, 0.1) is 11.6 Å². The van der Waals surface area contributed by atoms with Crippen LogP contribution < -0.4 is 0 Å². The van der Waals surface area contributed by atoms with Crippen molar-refractivity contribution in [2.75, 3.05) is 0 Å². The number of rotatable bonds is 2. The maximum absolute atomic E-state index is 9.03. The van der Waals surface area contributed by atoms with Crippen molar-refractivity contribution in [2.45, 2.75) is 6.61 Å². The SMILES string of the molecule is OCc1ncoc1-c1cc(Cl)ccc1Cl. The van der Waals surface area contributed by atoms with E-state index in [9.17, 15) is 0 Å². The van der Waals surface area contributed by atoms with E-state index in [1.807, 2.05) is 0 Å². The number of oxazole rings is 1. The third-order valence-electron chi connectivity index (χ3n) is 1.96. The Bertz CT molecular complexity index is 482. The van der Waals surface area contributed by atoms with Crippen LogP contribution >= 0.6 is 23.2 Å². The Kier molecular flexibility index (Phi) is 2.95. The minimum absolute atomic E-state index is 0.200. The van der Waals surface area contributed by atoms with Crippen molar-refractivity contribution in [3.05, 3.63) is 40.3 Å². The van der Waals surface area contributed by atoms with Crippen LogP contribution in [0, 0.1) is 0 Å². The van der Waals surface area contributed by atoms with Gasteiger partial charge in [-0.3, -0.25) is 0 Å². The van der Waals surface area contributed by atoms with Crippen molar-refractivity contribution in [1.82, 2.24) is 4.98 Å². The quantitative estimate of drug-likeness (QED) is 0.882. The standard InChI is InChI=1S/C10H7Cl2NO2/c11-6-1-2-8(12)7(3-6)10-9(4-14)13-5-15-10/h1-3,5,14H,4H2. The summed E-state index contributed by atoms with van der Waals surface area (Å²) in [7, 11) is 0. The molecule has 3 nitrogen and oxygen atoms in total. The minimum Gasteiger partial charge on any atom is -0.443 e. The molecule has 5 heteroatoms. The first-order valence-corrected chi connectivity index (χ1v) is 4.96. The summed E-state index contributed by atoms with van der Waals surface area (Å²) in [5.74, 6) is 0.449. The summed E-state index contributed by atoms with van der Waals surface area (Å²) in [6.45, 7) is -0.200. The Balaban J connectivity index is 2.58. The highest BCUT2D eigenvalue weighted by atomic mass is 35.5. The Morgan fingerprint density at radius 1 is 1.33 bits per heavy atom. The highest BCUT2D eigenvalue weighted by Gasteiger charge is 2.13. The zero-order chi connectivity index (χ0) is 10.8. The van der Waals surface area contributed by atoms with E-state index in [2.05, 4.69) is 4.98 Å². The van der Waals surface area contributed by atoms with E-state index in [1.54, 1.807) is 18.2 Å². The zero-order valence-electron chi connectivity index (χ0n) is 7.58. The minimum atomic E-state index is -0.200. The molecule has 1 aromatic heterocycles. The molecular weight excluding hydrogens is 237 g/mol. The number of halogens is 2. The monoisotopic (exact) mass is 243 g/mol.